The lowest BCUT2D eigenvalue weighted by Crippen LogP contribution is -2.28. The Kier molecular flexibility index (Phi) is 3.21. The minimum absolute atomic E-state index is 0.437. The number of nitrogens with two attached hydrogens (primary N) is 1. The molecule has 3 aromatic rings. The lowest BCUT2D eigenvalue weighted by molar-refractivity contribution is 0.100. The second kappa shape index (κ2) is 5.26. The molecule has 0 aliphatic carbocycles. The lowest BCUT2D eigenvalue weighted by atomic mass is 9.78. The predicted molar refractivity (Wildman–Crippen MR) is 87.6 cm³/mol. The summed E-state index contributed by atoms with van der Waals surface area (Å²) in [6.07, 6.45) is 4.47. The molecule has 0 spiro atoms. The monoisotopic (exact) mass is 306 g/mol. The van der Waals surface area contributed by atoms with Crippen molar-refractivity contribution in [2.45, 2.75) is 13.0 Å². The topological polar surface area (TPSA) is 77.0 Å². The first-order valence-corrected chi connectivity index (χ1v) is 7.43. The van der Waals surface area contributed by atoms with Gasteiger partial charge in [-0.15, -0.1) is 0 Å². The molecule has 5 nitrogen and oxygen atoms in total. The molecule has 1 aliphatic heterocycles. The molecule has 0 saturated heterocycles. The number of nitrogens with zero attached hydrogens (tertiary/aromatic N) is 1. The van der Waals surface area contributed by atoms with E-state index in [-0.39, 0.29) is 0 Å². The van der Waals surface area contributed by atoms with E-state index in [1.54, 1.807) is 12.1 Å². The van der Waals surface area contributed by atoms with E-state index in [2.05, 4.69) is 0 Å². The zero-order valence-electron chi connectivity index (χ0n) is 12.4. The number of carbonyl (C=O) groups excluding carboxylic acids is 1. The van der Waals surface area contributed by atoms with E-state index in [0.29, 0.717) is 18.6 Å². The van der Waals surface area contributed by atoms with Gasteiger partial charge in [-0.3, -0.25) is 4.79 Å². The molecule has 1 aliphatic rings. The molecule has 0 atom stereocenters. The molecule has 1 aromatic carbocycles. The molecule has 4 rings (SSSR count). The van der Waals surface area contributed by atoms with Gasteiger partial charge >= 0.3 is 7.12 Å². The van der Waals surface area contributed by atoms with E-state index in [1.165, 1.54) is 0 Å². The summed E-state index contributed by atoms with van der Waals surface area (Å²) < 4.78 is 7.13. The quantitative estimate of drug-likeness (QED) is 0.704. The molecule has 0 saturated carbocycles. The minimum Gasteiger partial charge on any atom is -0.423 e. The Balaban J connectivity index is 1.77. The average Bonchev–Trinajstić information content (AvgIpc) is 3.12. The van der Waals surface area contributed by atoms with Gasteiger partial charge in [-0.1, -0.05) is 18.2 Å². The third-order valence-electron chi connectivity index (χ3n) is 4.30. The van der Waals surface area contributed by atoms with Gasteiger partial charge in [0.25, 0.3) is 5.91 Å². The van der Waals surface area contributed by atoms with Crippen molar-refractivity contribution in [3.63, 3.8) is 0 Å². The molecule has 0 unspecified atom stereocenters. The van der Waals surface area contributed by atoms with Crippen molar-refractivity contribution >= 4 is 24.0 Å². The fourth-order valence-electron chi connectivity index (χ4n) is 3.17. The molecule has 6 heteroatoms. The molecule has 3 N–H and O–H groups in total. The first-order chi connectivity index (χ1) is 11.1. The minimum atomic E-state index is -0.850. The summed E-state index contributed by atoms with van der Waals surface area (Å²) in [6.45, 7) is 0.442. The smallest absolute Gasteiger partial charge is 0.423 e. The molecule has 3 heterocycles. The summed E-state index contributed by atoms with van der Waals surface area (Å²) in [4.78, 5) is 11.7. The summed E-state index contributed by atoms with van der Waals surface area (Å²) in [6, 6.07) is 11.5. The van der Waals surface area contributed by atoms with Gasteiger partial charge in [-0.05, 0) is 46.8 Å². The summed E-state index contributed by atoms with van der Waals surface area (Å²) in [7, 11) is -0.850. The number of hydrogen-bond donors (Lipinski definition) is 2. The molecule has 114 valence electrons. The van der Waals surface area contributed by atoms with Crippen molar-refractivity contribution in [1.82, 2.24) is 4.40 Å². The highest BCUT2D eigenvalue weighted by molar-refractivity contribution is 6.61. The lowest BCUT2D eigenvalue weighted by Gasteiger charge is -2.07. The van der Waals surface area contributed by atoms with Crippen LogP contribution in [0.25, 0.3) is 5.52 Å². The van der Waals surface area contributed by atoms with Gasteiger partial charge in [-0.2, -0.15) is 0 Å². The summed E-state index contributed by atoms with van der Waals surface area (Å²) in [5, 5.41) is 9.83. The zero-order chi connectivity index (χ0) is 16.0. The zero-order valence-corrected chi connectivity index (χ0v) is 12.4. The first kappa shape index (κ1) is 14.1. The number of rotatable bonds is 3. The standard InChI is InChI=1S/C17H15BN2O3/c19-17(21)14-2-1-6-20-7-5-12(16(14)20)8-11-3-4-13-10-23-18(22)15(13)9-11/h1-7,9,22H,8,10H2,(H2,19,21). The van der Waals surface area contributed by atoms with Gasteiger partial charge in [0.1, 0.15) is 0 Å². The van der Waals surface area contributed by atoms with Crippen LogP contribution in [0.5, 0.6) is 0 Å². The van der Waals surface area contributed by atoms with E-state index in [4.69, 9.17) is 10.4 Å². The number of pyridine rings is 1. The Morgan fingerprint density at radius 3 is 3.00 bits per heavy atom. The van der Waals surface area contributed by atoms with Crippen molar-refractivity contribution in [2.24, 2.45) is 5.73 Å². The van der Waals surface area contributed by atoms with E-state index < -0.39 is 13.0 Å². The largest absolute Gasteiger partial charge is 0.491 e. The van der Waals surface area contributed by atoms with Crippen LogP contribution in [-0.4, -0.2) is 22.5 Å². The summed E-state index contributed by atoms with van der Waals surface area (Å²) >= 11 is 0. The molecular weight excluding hydrogens is 291 g/mol. The van der Waals surface area contributed by atoms with Gasteiger partial charge in [-0.25, -0.2) is 0 Å². The van der Waals surface area contributed by atoms with Crippen LogP contribution in [0, 0.1) is 0 Å². The van der Waals surface area contributed by atoms with Gasteiger partial charge in [0.15, 0.2) is 0 Å². The van der Waals surface area contributed by atoms with Crippen molar-refractivity contribution in [1.29, 1.82) is 0 Å². The van der Waals surface area contributed by atoms with Crippen LogP contribution in [-0.2, 0) is 17.7 Å². The van der Waals surface area contributed by atoms with Crippen LogP contribution in [0.3, 0.4) is 0 Å². The highest BCUT2D eigenvalue weighted by Gasteiger charge is 2.27. The van der Waals surface area contributed by atoms with E-state index in [1.807, 2.05) is 41.1 Å². The SMILES string of the molecule is NC(=O)c1cccn2ccc(Cc3ccc4c(c3)B(O)OC4)c12. The van der Waals surface area contributed by atoms with Gasteiger partial charge < -0.3 is 19.8 Å². The van der Waals surface area contributed by atoms with Crippen LogP contribution < -0.4 is 11.2 Å². The molecule has 1 amide bonds. The number of amides is 1. The van der Waals surface area contributed by atoms with E-state index in [9.17, 15) is 9.82 Å². The van der Waals surface area contributed by atoms with Crippen LogP contribution in [0.2, 0.25) is 0 Å². The van der Waals surface area contributed by atoms with Crippen LogP contribution in [0.4, 0.5) is 0 Å². The molecule has 0 bridgehead atoms. The number of hydrogen-bond acceptors (Lipinski definition) is 3. The van der Waals surface area contributed by atoms with Crippen LogP contribution in [0.15, 0.2) is 48.8 Å². The van der Waals surface area contributed by atoms with Gasteiger partial charge in [0, 0.05) is 12.4 Å². The maximum Gasteiger partial charge on any atom is 0.491 e. The molecule has 0 radical (unpaired) electrons. The maximum absolute atomic E-state index is 11.7. The summed E-state index contributed by atoms with van der Waals surface area (Å²) in [5.41, 5.74) is 10.7. The second-order valence-corrected chi connectivity index (χ2v) is 5.76. The third-order valence-corrected chi connectivity index (χ3v) is 4.30. The fraction of sp³-hybridized carbons (Fsp3) is 0.118. The Morgan fingerprint density at radius 1 is 1.30 bits per heavy atom. The number of fused-ring (bicyclic) bond motifs is 2. The molecule has 0 fully saturated rings. The van der Waals surface area contributed by atoms with E-state index in [0.717, 1.165) is 27.7 Å². The molecule has 23 heavy (non-hydrogen) atoms. The van der Waals surface area contributed by atoms with E-state index >= 15 is 0 Å². The Morgan fingerprint density at radius 2 is 2.17 bits per heavy atom. The fourth-order valence-corrected chi connectivity index (χ4v) is 3.17. The van der Waals surface area contributed by atoms with Crippen LogP contribution >= 0.6 is 0 Å². The highest BCUT2D eigenvalue weighted by atomic mass is 16.5. The normalized spacial score (nSPS) is 13.5. The summed E-state index contributed by atoms with van der Waals surface area (Å²) in [5.74, 6) is -0.437. The van der Waals surface area contributed by atoms with Crippen molar-refractivity contribution < 1.29 is 14.5 Å². The number of carbonyl (C=O) groups is 1. The number of primary amides is 1. The van der Waals surface area contributed by atoms with Crippen molar-refractivity contribution in [3.8, 4) is 0 Å². The van der Waals surface area contributed by atoms with Crippen molar-refractivity contribution in [3.05, 3.63) is 71.0 Å². The third kappa shape index (κ3) is 2.32. The number of benzene rings is 1. The van der Waals surface area contributed by atoms with Gasteiger partial charge in [0.05, 0.1) is 17.7 Å². The average molecular weight is 306 g/mol. The van der Waals surface area contributed by atoms with Crippen LogP contribution in [0.1, 0.15) is 27.0 Å². The molecular formula is C17H15BN2O3. The van der Waals surface area contributed by atoms with Gasteiger partial charge in [0.2, 0.25) is 0 Å². The maximum atomic E-state index is 11.7. The first-order valence-electron chi connectivity index (χ1n) is 7.43. The highest BCUT2D eigenvalue weighted by Crippen LogP contribution is 2.21. The molecule has 2 aromatic heterocycles. The second-order valence-electron chi connectivity index (χ2n) is 5.76. The van der Waals surface area contributed by atoms with Crippen molar-refractivity contribution in [2.75, 3.05) is 0 Å². The number of aromatic nitrogens is 1. The Bertz CT molecular complexity index is 919. The Hall–Kier alpha value is -2.57. The predicted octanol–water partition coefficient (Wildman–Crippen LogP) is 0.847. The Labute approximate surface area is 133 Å².